The molecule has 2 rings (SSSR count). The molecule has 0 bridgehead atoms. The van der Waals surface area contributed by atoms with Gasteiger partial charge in [0.15, 0.2) is 5.76 Å². The third-order valence-corrected chi connectivity index (χ3v) is 4.02. The molecule has 0 aromatic carbocycles. The van der Waals surface area contributed by atoms with Gasteiger partial charge in [-0.25, -0.2) is 4.79 Å². The number of aryl methyl sites for hydroxylation is 1. The van der Waals surface area contributed by atoms with E-state index in [1.807, 2.05) is 6.92 Å². The van der Waals surface area contributed by atoms with E-state index in [1.54, 1.807) is 0 Å². The number of carboxylic acid groups (broad SMARTS) is 1. The van der Waals surface area contributed by atoms with Crippen LogP contribution in [0.15, 0.2) is 10.5 Å². The van der Waals surface area contributed by atoms with Crippen LogP contribution in [0.5, 0.6) is 0 Å². The molecule has 1 fully saturated rings. The van der Waals surface area contributed by atoms with Gasteiger partial charge in [-0.05, 0) is 12.8 Å². The van der Waals surface area contributed by atoms with E-state index in [2.05, 4.69) is 5.32 Å². The van der Waals surface area contributed by atoms with Crippen molar-refractivity contribution in [1.82, 2.24) is 5.32 Å². The highest BCUT2D eigenvalue weighted by Gasteiger charge is 2.22. The van der Waals surface area contributed by atoms with Crippen LogP contribution in [-0.4, -0.2) is 23.0 Å². The predicted molar refractivity (Wildman–Crippen MR) is 78.6 cm³/mol. The van der Waals surface area contributed by atoms with Crippen LogP contribution >= 0.6 is 0 Å². The van der Waals surface area contributed by atoms with Gasteiger partial charge in [-0.15, -0.1) is 0 Å². The molecule has 116 valence electrons. The highest BCUT2D eigenvalue weighted by Crippen LogP contribution is 2.19. The quantitative estimate of drug-likeness (QED) is 0.891. The first-order chi connectivity index (χ1) is 10.1. The molecule has 0 saturated heterocycles. The molecule has 1 amide bonds. The Labute approximate surface area is 124 Å². The topological polar surface area (TPSA) is 79.5 Å². The standard InChI is InChI=1S/C16H23NO4/c1-2-13-12(16(19)20)10-14(21-13)15(18)17-11-8-6-4-3-5-7-9-11/h10-11H,2-9H2,1H3,(H,17,18)(H,19,20). The maximum absolute atomic E-state index is 12.2. The van der Waals surface area contributed by atoms with Gasteiger partial charge in [0.1, 0.15) is 11.3 Å². The number of carbonyl (C=O) groups is 2. The second-order valence-electron chi connectivity index (χ2n) is 5.62. The number of carbonyl (C=O) groups excluding carboxylic acids is 1. The van der Waals surface area contributed by atoms with E-state index < -0.39 is 5.97 Å². The Morgan fingerprint density at radius 1 is 1.24 bits per heavy atom. The Balaban J connectivity index is 2.03. The van der Waals surface area contributed by atoms with Gasteiger partial charge in [-0.1, -0.05) is 39.0 Å². The molecule has 5 nitrogen and oxygen atoms in total. The molecule has 1 aromatic heterocycles. The van der Waals surface area contributed by atoms with Gasteiger partial charge in [0, 0.05) is 18.5 Å². The summed E-state index contributed by atoms with van der Waals surface area (Å²) in [6.45, 7) is 1.81. The fraction of sp³-hybridized carbons (Fsp3) is 0.625. The molecule has 1 aliphatic rings. The Morgan fingerprint density at radius 2 is 1.86 bits per heavy atom. The SMILES string of the molecule is CCc1oc(C(=O)NC2CCCCCCC2)cc1C(=O)O. The molecule has 1 aliphatic carbocycles. The van der Waals surface area contributed by atoms with E-state index in [9.17, 15) is 9.59 Å². The number of rotatable bonds is 4. The van der Waals surface area contributed by atoms with E-state index in [1.165, 1.54) is 25.3 Å². The van der Waals surface area contributed by atoms with Crippen LogP contribution in [0.3, 0.4) is 0 Å². The highest BCUT2D eigenvalue weighted by atomic mass is 16.4. The smallest absolute Gasteiger partial charge is 0.339 e. The molecule has 2 N–H and O–H groups in total. The number of aromatic carboxylic acids is 1. The molecule has 5 heteroatoms. The minimum Gasteiger partial charge on any atom is -0.478 e. The first-order valence-corrected chi connectivity index (χ1v) is 7.78. The minimum absolute atomic E-state index is 0.0836. The molecular formula is C16H23NO4. The molecule has 1 saturated carbocycles. The van der Waals surface area contributed by atoms with Crippen molar-refractivity contribution in [3.05, 3.63) is 23.2 Å². The Bertz CT molecular complexity index is 498. The normalized spacial score (nSPS) is 17.0. The molecule has 1 heterocycles. The predicted octanol–water partition coefficient (Wildman–Crippen LogP) is 3.38. The van der Waals surface area contributed by atoms with Crippen LogP contribution in [0, 0.1) is 0 Å². The van der Waals surface area contributed by atoms with Crippen molar-refractivity contribution in [2.24, 2.45) is 0 Å². The summed E-state index contributed by atoms with van der Waals surface area (Å²) in [5.41, 5.74) is 0.0836. The summed E-state index contributed by atoms with van der Waals surface area (Å²) in [5.74, 6) is -0.903. The summed E-state index contributed by atoms with van der Waals surface area (Å²) in [6.07, 6.45) is 8.40. The lowest BCUT2D eigenvalue weighted by atomic mass is 9.96. The van der Waals surface area contributed by atoms with Gasteiger partial charge in [-0.3, -0.25) is 4.79 Å². The van der Waals surface area contributed by atoms with Crippen LogP contribution in [0.1, 0.15) is 78.5 Å². The third kappa shape index (κ3) is 4.09. The van der Waals surface area contributed by atoms with Gasteiger partial charge >= 0.3 is 5.97 Å². The number of nitrogens with one attached hydrogen (secondary N) is 1. The van der Waals surface area contributed by atoms with Crippen LogP contribution < -0.4 is 5.32 Å². The van der Waals surface area contributed by atoms with Crippen LogP contribution in [-0.2, 0) is 6.42 Å². The molecule has 0 unspecified atom stereocenters. The van der Waals surface area contributed by atoms with Gasteiger partial charge < -0.3 is 14.8 Å². The second-order valence-corrected chi connectivity index (χ2v) is 5.62. The lowest BCUT2D eigenvalue weighted by Gasteiger charge is -2.20. The molecular weight excluding hydrogens is 270 g/mol. The molecule has 21 heavy (non-hydrogen) atoms. The fourth-order valence-electron chi connectivity index (χ4n) is 2.84. The van der Waals surface area contributed by atoms with E-state index >= 15 is 0 Å². The maximum Gasteiger partial charge on any atom is 0.339 e. The molecule has 0 spiro atoms. The molecule has 0 radical (unpaired) electrons. The number of carboxylic acids is 1. The second kappa shape index (κ2) is 7.29. The summed E-state index contributed by atoms with van der Waals surface area (Å²) in [6, 6.07) is 1.50. The van der Waals surface area contributed by atoms with Crippen molar-refractivity contribution in [3.8, 4) is 0 Å². The van der Waals surface area contributed by atoms with Crippen molar-refractivity contribution >= 4 is 11.9 Å². The zero-order chi connectivity index (χ0) is 15.2. The summed E-state index contributed by atoms with van der Waals surface area (Å²) in [5, 5.41) is 12.1. The Morgan fingerprint density at radius 3 is 2.38 bits per heavy atom. The Kier molecular flexibility index (Phi) is 5.42. The number of hydrogen-bond donors (Lipinski definition) is 2. The largest absolute Gasteiger partial charge is 0.478 e. The van der Waals surface area contributed by atoms with Crippen molar-refractivity contribution in [2.75, 3.05) is 0 Å². The summed E-state index contributed by atoms with van der Waals surface area (Å²) < 4.78 is 5.39. The van der Waals surface area contributed by atoms with Crippen LogP contribution in [0.4, 0.5) is 0 Å². The Hall–Kier alpha value is -1.78. The minimum atomic E-state index is -1.05. The monoisotopic (exact) mass is 293 g/mol. The fourth-order valence-corrected chi connectivity index (χ4v) is 2.84. The molecule has 0 atom stereocenters. The van der Waals surface area contributed by atoms with Crippen LogP contribution in [0.2, 0.25) is 0 Å². The van der Waals surface area contributed by atoms with Crippen molar-refractivity contribution in [2.45, 2.75) is 64.3 Å². The zero-order valence-electron chi connectivity index (χ0n) is 12.5. The molecule has 1 aromatic rings. The summed E-state index contributed by atoms with van der Waals surface area (Å²) >= 11 is 0. The highest BCUT2D eigenvalue weighted by molar-refractivity contribution is 5.96. The van der Waals surface area contributed by atoms with E-state index in [0.29, 0.717) is 12.2 Å². The number of hydrogen-bond acceptors (Lipinski definition) is 3. The van der Waals surface area contributed by atoms with E-state index in [-0.39, 0.29) is 23.3 Å². The van der Waals surface area contributed by atoms with E-state index in [0.717, 1.165) is 25.7 Å². The summed E-state index contributed by atoms with van der Waals surface area (Å²) in [7, 11) is 0. The maximum atomic E-state index is 12.2. The van der Waals surface area contributed by atoms with E-state index in [4.69, 9.17) is 9.52 Å². The first kappa shape index (κ1) is 15.6. The number of amides is 1. The zero-order valence-corrected chi connectivity index (χ0v) is 12.5. The first-order valence-electron chi connectivity index (χ1n) is 7.78. The lowest BCUT2D eigenvalue weighted by Crippen LogP contribution is -2.35. The lowest BCUT2D eigenvalue weighted by molar-refractivity contribution is 0.0694. The molecule has 0 aliphatic heterocycles. The van der Waals surface area contributed by atoms with Crippen molar-refractivity contribution < 1.29 is 19.1 Å². The van der Waals surface area contributed by atoms with Gasteiger partial charge in [-0.2, -0.15) is 0 Å². The van der Waals surface area contributed by atoms with Crippen molar-refractivity contribution in [1.29, 1.82) is 0 Å². The van der Waals surface area contributed by atoms with Crippen LogP contribution in [0.25, 0.3) is 0 Å². The van der Waals surface area contributed by atoms with Gasteiger partial charge in [0.25, 0.3) is 5.91 Å². The van der Waals surface area contributed by atoms with Gasteiger partial charge in [0.05, 0.1) is 0 Å². The third-order valence-electron chi connectivity index (χ3n) is 4.02. The van der Waals surface area contributed by atoms with Gasteiger partial charge in [0.2, 0.25) is 0 Å². The van der Waals surface area contributed by atoms with Crippen molar-refractivity contribution in [3.63, 3.8) is 0 Å². The number of furan rings is 1. The average molecular weight is 293 g/mol. The average Bonchev–Trinajstić information content (AvgIpc) is 2.86. The summed E-state index contributed by atoms with van der Waals surface area (Å²) in [4.78, 5) is 23.3.